The van der Waals surface area contributed by atoms with Crippen LogP contribution < -0.4 is 14.8 Å². The van der Waals surface area contributed by atoms with E-state index in [4.69, 9.17) is 9.47 Å². The van der Waals surface area contributed by atoms with Crippen molar-refractivity contribution < 1.29 is 19.2 Å². The Balaban J connectivity index is 1.72. The Hall–Kier alpha value is -3.87. The van der Waals surface area contributed by atoms with Crippen molar-refractivity contribution in [2.75, 3.05) is 19.0 Å². The minimum Gasteiger partial charge on any atom is -0.494 e. The Morgan fingerprint density at radius 3 is 2.45 bits per heavy atom. The van der Waals surface area contributed by atoms with E-state index in [1.807, 2.05) is 30.3 Å². The molecule has 0 saturated heterocycles. The normalized spacial score (nSPS) is 10.2. The fourth-order valence-corrected chi connectivity index (χ4v) is 2.79. The Kier molecular flexibility index (Phi) is 6.42. The lowest BCUT2D eigenvalue weighted by Crippen LogP contribution is -2.15. The van der Waals surface area contributed by atoms with Crippen molar-refractivity contribution in [2.24, 2.45) is 0 Å². The molecule has 0 atom stereocenters. The summed E-state index contributed by atoms with van der Waals surface area (Å²) in [7, 11) is 1.38. The van der Waals surface area contributed by atoms with Gasteiger partial charge in [0.05, 0.1) is 36.0 Å². The summed E-state index contributed by atoms with van der Waals surface area (Å²) in [5.41, 5.74) is 1.72. The van der Waals surface area contributed by atoms with Crippen molar-refractivity contribution in [2.45, 2.75) is 6.42 Å². The molecule has 0 unspecified atom stereocenters. The van der Waals surface area contributed by atoms with Crippen molar-refractivity contribution in [1.29, 1.82) is 0 Å². The second-order valence-corrected chi connectivity index (χ2v) is 6.18. The summed E-state index contributed by atoms with van der Waals surface area (Å²) in [5, 5.41) is 13.6. The highest BCUT2D eigenvalue weighted by atomic mass is 16.6. The fraction of sp³-hybridized carbons (Fsp3) is 0.136. The van der Waals surface area contributed by atoms with Gasteiger partial charge in [-0.2, -0.15) is 0 Å². The van der Waals surface area contributed by atoms with Gasteiger partial charge in [-0.15, -0.1) is 0 Å². The summed E-state index contributed by atoms with van der Waals surface area (Å²) >= 11 is 0. The zero-order valence-electron chi connectivity index (χ0n) is 15.8. The van der Waals surface area contributed by atoms with Crippen LogP contribution in [0.4, 0.5) is 11.4 Å². The van der Waals surface area contributed by atoms with E-state index < -0.39 is 10.8 Å². The van der Waals surface area contributed by atoms with Crippen LogP contribution in [0.25, 0.3) is 0 Å². The highest BCUT2D eigenvalue weighted by molar-refractivity contribution is 6.07. The second-order valence-electron chi connectivity index (χ2n) is 6.18. The van der Waals surface area contributed by atoms with E-state index in [2.05, 4.69) is 5.32 Å². The molecule has 7 nitrogen and oxygen atoms in total. The average molecular weight is 392 g/mol. The van der Waals surface area contributed by atoms with Crippen molar-refractivity contribution in [3.05, 3.63) is 94.0 Å². The number of carbonyl (C=O) groups excluding carboxylic acids is 1. The number of ether oxygens (including phenoxy) is 2. The van der Waals surface area contributed by atoms with Crippen LogP contribution in [0, 0.1) is 10.1 Å². The number of amides is 1. The van der Waals surface area contributed by atoms with Gasteiger partial charge in [0.1, 0.15) is 11.5 Å². The van der Waals surface area contributed by atoms with Gasteiger partial charge in [-0.1, -0.05) is 42.5 Å². The highest BCUT2D eigenvalue weighted by Crippen LogP contribution is 2.30. The zero-order chi connectivity index (χ0) is 20.6. The van der Waals surface area contributed by atoms with Gasteiger partial charge >= 0.3 is 0 Å². The van der Waals surface area contributed by atoms with E-state index in [0.717, 1.165) is 5.56 Å². The Labute approximate surface area is 168 Å². The maximum absolute atomic E-state index is 12.8. The first-order valence-electron chi connectivity index (χ1n) is 8.98. The first kappa shape index (κ1) is 19.9. The van der Waals surface area contributed by atoms with Crippen LogP contribution >= 0.6 is 0 Å². The number of nitrogens with zero attached hydrogens (tertiary/aromatic N) is 1. The zero-order valence-corrected chi connectivity index (χ0v) is 15.8. The summed E-state index contributed by atoms with van der Waals surface area (Å²) in [6, 6.07) is 20.8. The molecule has 3 rings (SSSR count). The van der Waals surface area contributed by atoms with Gasteiger partial charge in [0.15, 0.2) is 0 Å². The number of methoxy groups -OCH3 is 1. The molecule has 0 fully saturated rings. The third-order valence-electron chi connectivity index (χ3n) is 4.27. The minimum absolute atomic E-state index is 0.121. The Bertz CT molecular complexity index is 1010. The van der Waals surface area contributed by atoms with E-state index in [1.54, 1.807) is 24.3 Å². The predicted octanol–water partition coefficient (Wildman–Crippen LogP) is 4.48. The predicted molar refractivity (Wildman–Crippen MR) is 110 cm³/mol. The Morgan fingerprint density at radius 2 is 1.72 bits per heavy atom. The van der Waals surface area contributed by atoms with Gasteiger partial charge < -0.3 is 14.8 Å². The number of hydrogen-bond donors (Lipinski definition) is 1. The first-order valence-corrected chi connectivity index (χ1v) is 8.98. The lowest BCUT2D eigenvalue weighted by atomic mass is 10.1. The monoisotopic (exact) mass is 392 g/mol. The molecular weight excluding hydrogens is 372 g/mol. The number of benzene rings is 3. The standard InChI is InChI=1S/C22H20N2O5/c1-28-21-15-17(24(26)27)11-12-19(21)23-22(25)18-9-5-6-10-20(18)29-14-13-16-7-3-2-4-8-16/h2-12,15H,13-14H2,1H3,(H,23,25). The van der Waals surface area contributed by atoms with Crippen molar-refractivity contribution in [3.8, 4) is 11.5 Å². The molecule has 0 heterocycles. The molecule has 29 heavy (non-hydrogen) atoms. The van der Waals surface area contributed by atoms with Gasteiger partial charge in [0.25, 0.3) is 11.6 Å². The number of carbonyl (C=O) groups is 1. The van der Waals surface area contributed by atoms with Crippen LogP contribution in [0.15, 0.2) is 72.8 Å². The smallest absolute Gasteiger partial charge is 0.273 e. The first-order chi connectivity index (χ1) is 14.1. The van der Waals surface area contributed by atoms with Crippen LogP contribution in [-0.2, 0) is 6.42 Å². The van der Waals surface area contributed by atoms with Crippen LogP contribution in [0.5, 0.6) is 11.5 Å². The van der Waals surface area contributed by atoms with E-state index >= 15 is 0 Å². The Morgan fingerprint density at radius 1 is 1.00 bits per heavy atom. The lowest BCUT2D eigenvalue weighted by Gasteiger charge is -2.13. The van der Waals surface area contributed by atoms with E-state index in [0.29, 0.717) is 30.0 Å². The summed E-state index contributed by atoms with van der Waals surface area (Å²) in [6.07, 6.45) is 0.715. The molecule has 7 heteroatoms. The minimum atomic E-state index is -0.524. The van der Waals surface area contributed by atoms with E-state index in [-0.39, 0.29) is 11.4 Å². The number of nitrogens with one attached hydrogen (secondary N) is 1. The lowest BCUT2D eigenvalue weighted by molar-refractivity contribution is -0.384. The second kappa shape index (κ2) is 9.36. The summed E-state index contributed by atoms with van der Waals surface area (Å²) < 4.78 is 11.0. The quantitative estimate of drug-likeness (QED) is 0.451. The molecule has 1 amide bonds. The van der Waals surface area contributed by atoms with Gasteiger partial charge in [-0.05, 0) is 23.8 Å². The van der Waals surface area contributed by atoms with Gasteiger partial charge in [0.2, 0.25) is 0 Å². The molecule has 0 aliphatic heterocycles. The largest absolute Gasteiger partial charge is 0.494 e. The van der Waals surface area contributed by atoms with Crippen molar-refractivity contribution >= 4 is 17.3 Å². The summed E-state index contributed by atoms with van der Waals surface area (Å²) in [5.74, 6) is 0.268. The SMILES string of the molecule is COc1cc([N+](=O)[O-])ccc1NC(=O)c1ccccc1OCCc1ccccc1. The maximum Gasteiger partial charge on any atom is 0.273 e. The molecule has 0 spiro atoms. The van der Waals surface area contributed by atoms with Gasteiger partial charge in [-0.3, -0.25) is 14.9 Å². The number of nitro groups is 1. The van der Waals surface area contributed by atoms with Gasteiger partial charge in [0, 0.05) is 12.5 Å². The summed E-state index contributed by atoms with van der Waals surface area (Å²) in [6.45, 7) is 0.426. The molecule has 0 bridgehead atoms. The summed E-state index contributed by atoms with van der Waals surface area (Å²) in [4.78, 5) is 23.2. The van der Waals surface area contributed by atoms with Gasteiger partial charge in [-0.25, -0.2) is 0 Å². The van der Waals surface area contributed by atoms with Crippen molar-refractivity contribution in [3.63, 3.8) is 0 Å². The van der Waals surface area contributed by atoms with Crippen molar-refractivity contribution in [1.82, 2.24) is 0 Å². The third-order valence-corrected chi connectivity index (χ3v) is 4.27. The molecule has 1 N–H and O–H groups in total. The highest BCUT2D eigenvalue weighted by Gasteiger charge is 2.17. The number of non-ortho nitro benzene ring substituents is 1. The molecule has 3 aromatic rings. The fourth-order valence-electron chi connectivity index (χ4n) is 2.79. The molecule has 0 aliphatic carbocycles. The molecule has 0 aromatic heterocycles. The number of anilines is 1. The van der Waals surface area contributed by atoms with Crippen LogP contribution in [0.2, 0.25) is 0 Å². The average Bonchev–Trinajstić information content (AvgIpc) is 2.75. The molecule has 0 saturated carbocycles. The molecule has 148 valence electrons. The third kappa shape index (κ3) is 5.10. The number of para-hydroxylation sites is 1. The van der Waals surface area contributed by atoms with Crippen LogP contribution in [0.3, 0.4) is 0 Å². The number of nitro benzene ring substituents is 1. The molecular formula is C22H20N2O5. The molecule has 3 aromatic carbocycles. The van der Waals surface area contributed by atoms with E-state index in [9.17, 15) is 14.9 Å². The number of rotatable bonds is 8. The molecule has 0 radical (unpaired) electrons. The van der Waals surface area contributed by atoms with Crippen LogP contribution in [0.1, 0.15) is 15.9 Å². The van der Waals surface area contributed by atoms with Crippen LogP contribution in [-0.4, -0.2) is 24.5 Å². The number of hydrogen-bond acceptors (Lipinski definition) is 5. The van der Waals surface area contributed by atoms with E-state index in [1.165, 1.54) is 25.3 Å². The molecule has 0 aliphatic rings. The maximum atomic E-state index is 12.8. The topological polar surface area (TPSA) is 90.7 Å².